The van der Waals surface area contributed by atoms with Crippen molar-refractivity contribution in [2.45, 2.75) is 31.7 Å². The second-order valence-electron chi connectivity index (χ2n) is 8.78. The number of rotatable bonds is 10. The molecule has 1 aliphatic rings. The smallest absolute Gasteiger partial charge is 0.243 e. The molecular formula is C29H33N3O. The van der Waals surface area contributed by atoms with E-state index in [0.717, 1.165) is 44.0 Å². The standard InChI is InChI=1S/C29H33N3O/c33-28(17-16-24-11-9-19-30-22-24)31-20-8-7-10-25-18-21-32(23-25)29(26-12-3-1-4-13-26)27-14-5-2-6-15-27/h1-6,9,11-17,19,22,25,29H,7-8,10,18,20-21,23H2,(H,31,33)/b17-16+. The van der Waals surface area contributed by atoms with Gasteiger partial charge in [0, 0.05) is 31.6 Å². The summed E-state index contributed by atoms with van der Waals surface area (Å²) < 4.78 is 0. The zero-order valence-electron chi connectivity index (χ0n) is 19.1. The number of carbonyl (C=O) groups is 1. The van der Waals surface area contributed by atoms with Crippen LogP contribution in [0.4, 0.5) is 0 Å². The van der Waals surface area contributed by atoms with Gasteiger partial charge in [-0.15, -0.1) is 0 Å². The topological polar surface area (TPSA) is 45.2 Å². The van der Waals surface area contributed by atoms with E-state index in [0.29, 0.717) is 6.04 Å². The Bertz CT molecular complexity index is 965. The summed E-state index contributed by atoms with van der Waals surface area (Å²) in [6.07, 6.45) is 11.5. The average Bonchev–Trinajstić information content (AvgIpc) is 3.33. The van der Waals surface area contributed by atoms with Crippen molar-refractivity contribution >= 4 is 12.0 Å². The average molecular weight is 440 g/mol. The van der Waals surface area contributed by atoms with Gasteiger partial charge >= 0.3 is 0 Å². The van der Waals surface area contributed by atoms with Crippen LogP contribution in [0.3, 0.4) is 0 Å². The van der Waals surface area contributed by atoms with Crippen molar-refractivity contribution in [3.05, 3.63) is 108 Å². The third kappa shape index (κ3) is 6.87. The van der Waals surface area contributed by atoms with Crippen LogP contribution in [0.2, 0.25) is 0 Å². The molecule has 0 bridgehead atoms. The van der Waals surface area contributed by atoms with Gasteiger partial charge in [0.05, 0.1) is 6.04 Å². The molecule has 1 amide bonds. The third-order valence-corrected chi connectivity index (χ3v) is 6.36. The molecule has 3 aromatic rings. The number of benzene rings is 2. The van der Waals surface area contributed by atoms with Crippen molar-refractivity contribution in [2.75, 3.05) is 19.6 Å². The molecule has 1 aliphatic heterocycles. The molecule has 0 saturated carbocycles. The Labute approximate surface area is 197 Å². The highest BCUT2D eigenvalue weighted by Crippen LogP contribution is 2.34. The van der Waals surface area contributed by atoms with E-state index in [4.69, 9.17) is 0 Å². The molecule has 1 fully saturated rings. The van der Waals surface area contributed by atoms with Crippen molar-refractivity contribution < 1.29 is 4.79 Å². The summed E-state index contributed by atoms with van der Waals surface area (Å²) in [4.78, 5) is 18.7. The highest BCUT2D eigenvalue weighted by atomic mass is 16.1. The molecular weight excluding hydrogens is 406 g/mol. The van der Waals surface area contributed by atoms with Gasteiger partial charge < -0.3 is 5.32 Å². The van der Waals surface area contributed by atoms with Gasteiger partial charge in [-0.3, -0.25) is 14.7 Å². The largest absolute Gasteiger partial charge is 0.353 e. The molecule has 1 unspecified atom stereocenters. The maximum Gasteiger partial charge on any atom is 0.243 e. The van der Waals surface area contributed by atoms with Gasteiger partial charge in [0.2, 0.25) is 5.91 Å². The van der Waals surface area contributed by atoms with Crippen molar-refractivity contribution in [1.82, 2.24) is 15.2 Å². The minimum absolute atomic E-state index is 0.0422. The second-order valence-corrected chi connectivity index (χ2v) is 8.78. The zero-order chi connectivity index (χ0) is 22.7. The fourth-order valence-corrected chi connectivity index (χ4v) is 4.69. The fraction of sp³-hybridized carbons (Fsp3) is 0.310. The summed E-state index contributed by atoms with van der Waals surface area (Å²) >= 11 is 0. The van der Waals surface area contributed by atoms with Gasteiger partial charge in [0.25, 0.3) is 0 Å². The van der Waals surface area contributed by atoms with Crippen LogP contribution < -0.4 is 5.32 Å². The molecule has 4 nitrogen and oxygen atoms in total. The minimum atomic E-state index is -0.0422. The lowest BCUT2D eigenvalue weighted by Gasteiger charge is -2.29. The van der Waals surface area contributed by atoms with E-state index in [9.17, 15) is 4.79 Å². The Morgan fingerprint density at radius 1 is 1.00 bits per heavy atom. The van der Waals surface area contributed by atoms with Crippen LogP contribution in [0.5, 0.6) is 0 Å². The Kier molecular flexibility index (Phi) is 8.42. The number of likely N-dealkylation sites (tertiary alicyclic amines) is 1. The summed E-state index contributed by atoms with van der Waals surface area (Å²) in [5, 5.41) is 2.99. The number of hydrogen-bond acceptors (Lipinski definition) is 3. The Morgan fingerprint density at radius 2 is 1.73 bits per heavy atom. The summed E-state index contributed by atoms with van der Waals surface area (Å²) in [7, 11) is 0. The molecule has 0 radical (unpaired) electrons. The van der Waals surface area contributed by atoms with Crippen LogP contribution in [0.1, 0.15) is 48.4 Å². The Hall–Kier alpha value is -3.24. The van der Waals surface area contributed by atoms with Crippen LogP contribution in [0.25, 0.3) is 6.08 Å². The molecule has 2 aromatic carbocycles. The van der Waals surface area contributed by atoms with E-state index in [1.54, 1.807) is 24.5 Å². The Morgan fingerprint density at radius 3 is 2.39 bits per heavy atom. The van der Waals surface area contributed by atoms with Gasteiger partial charge in [-0.1, -0.05) is 73.2 Å². The summed E-state index contributed by atoms with van der Waals surface area (Å²) in [5.74, 6) is 0.681. The highest BCUT2D eigenvalue weighted by molar-refractivity contribution is 5.91. The van der Waals surface area contributed by atoms with E-state index in [1.807, 2.05) is 12.1 Å². The molecule has 1 atom stereocenters. The molecule has 4 rings (SSSR count). The molecule has 1 N–H and O–H groups in total. The first kappa shape index (κ1) is 22.9. The number of hydrogen-bond donors (Lipinski definition) is 1. The number of amides is 1. The van der Waals surface area contributed by atoms with Crippen LogP contribution in [-0.2, 0) is 4.79 Å². The SMILES string of the molecule is O=C(/C=C/c1cccnc1)NCCCCC1CCN(C(c2ccccc2)c2ccccc2)C1. The monoisotopic (exact) mass is 439 g/mol. The number of pyridine rings is 1. The van der Waals surface area contributed by atoms with Crippen molar-refractivity contribution in [2.24, 2.45) is 5.92 Å². The molecule has 0 spiro atoms. The molecule has 170 valence electrons. The molecule has 33 heavy (non-hydrogen) atoms. The van der Waals surface area contributed by atoms with Crippen molar-refractivity contribution in [3.63, 3.8) is 0 Å². The minimum Gasteiger partial charge on any atom is -0.353 e. The number of unbranched alkanes of at least 4 members (excludes halogenated alkanes) is 1. The fourth-order valence-electron chi connectivity index (χ4n) is 4.69. The first-order valence-electron chi connectivity index (χ1n) is 12.0. The van der Waals surface area contributed by atoms with Crippen molar-refractivity contribution in [1.29, 1.82) is 0 Å². The van der Waals surface area contributed by atoms with Gasteiger partial charge in [0.1, 0.15) is 0 Å². The Balaban J connectivity index is 1.21. The van der Waals surface area contributed by atoms with E-state index in [2.05, 4.69) is 75.9 Å². The van der Waals surface area contributed by atoms with Crippen LogP contribution in [0.15, 0.2) is 91.3 Å². The van der Waals surface area contributed by atoms with Gasteiger partial charge in [-0.2, -0.15) is 0 Å². The van der Waals surface area contributed by atoms with Gasteiger partial charge in [-0.05, 0) is 60.6 Å². The van der Waals surface area contributed by atoms with Crippen LogP contribution in [-0.4, -0.2) is 35.4 Å². The first-order chi connectivity index (χ1) is 16.3. The lowest BCUT2D eigenvalue weighted by atomic mass is 9.97. The molecule has 4 heteroatoms. The quantitative estimate of drug-likeness (QED) is 0.335. The van der Waals surface area contributed by atoms with E-state index >= 15 is 0 Å². The maximum absolute atomic E-state index is 12.0. The summed E-state index contributed by atoms with van der Waals surface area (Å²) in [5.41, 5.74) is 3.67. The predicted octanol–water partition coefficient (Wildman–Crippen LogP) is 5.49. The van der Waals surface area contributed by atoms with E-state index in [1.165, 1.54) is 24.0 Å². The van der Waals surface area contributed by atoms with E-state index < -0.39 is 0 Å². The second kappa shape index (κ2) is 12.1. The maximum atomic E-state index is 12.0. The molecule has 2 heterocycles. The number of carbonyl (C=O) groups excluding carboxylic acids is 1. The first-order valence-corrected chi connectivity index (χ1v) is 12.0. The number of nitrogens with zero attached hydrogens (tertiary/aromatic N) is 2. The van der Waals surface area contributed by atoms with Crippen molar-refractivity contribution in [3.8, 4) is 0 Å². The normalized spacial score (nSPS) is 16.5. The molecule has 1 aromatic heterocycles. The zero-order valence-corrected chi connectivity index (χ0v) is 19.1. The van der Waals surface area contributed by atoms with Gasteiger partial charge in [0.15, 0.2) is 0 Å². The predicted molar refractivity (Wildman–Crippen MR) is 135 cm³/mol. The molecule has 1 saturated heterocycles. The van der Waals surface area contributed by atoms with Gasteiger partial charge in [-0.25, -0.2) is 0 Å². The number of nitrogens with one attached hydrogen (secondary N) is 1. The van der Waals surface area contributed by atoms with E-state index in [-0.39, 0.29) is 5.91 Å². The lowest BCUT2D eigenvalue weighted by Crippen LogP contribution is -2.27. The molecule has 0 aliphatic carbocycles. The third-order valence-electron chi connectivity index (χ3n) is 6.36. The highest BCUT2D eigenvalue weighted by Gasteiger charge is 2.29. The summed E-state index contributed by atoms with van der Waals surface area (Å²) in [6, 6.07) is 25.8. The van der Waals surface area contributed by atoms with Crippen LogP contribution in [0, 0.1) is 5.92 Å². The van der Waals surface area contributed by atoms with Crippen LogP contribution >= 0.6 is 0 Å². The summed E-state index contributed by atoms with van der Waals surface area (Å²) in [6.45, 7) is 2.99. The number of aromatic nitrogens is 1. The lowest BCUT2D eigenvalue weighted by molar-refractivity contribution is -0.116.